The fraction of sp³-hybridized carbons (Fsp3) is 0.600. The molecule has 0 bridgehead atoms. The molecule has 1 aromatic rings. The first kappa shape index (κ1) is 14.0. The summed E-state index contributed by atoms with van der Waals surface area (Å²) < 4.78 is 4.93. The Balaban J connectivity index is 2.07. The van der Waals surface area contributed by atoms with Gasteiger partial charge in [0.15, 0.2) is 0 Å². The van der Waals surface area contributed by atoms with Crippen molar-refractivity contribution in [2.24, 2.45) is 0 Å². The van der Waals surface area contributed by atoms with Crippen molar-refractivity contribution in [3.8, 4) is 0 Å². The standard InChI is InChI=1S/C15H22N2O2/c1-19-15(18)13(14-8-4-5-9-16-14)12-17-10-6-2-3-7-11-17/h4-5,8-9,13H,2-3,6-7,10-12H2,1H3. The highest BCUT2D eigenvalue weighted by atomic mass is 16.5. The van der Waals surface area contributed by atoms with E-state index < -0.39 is 0 Å². The van der Waals surface area contributed by atoms with Gasteiger partial charge in [-0.15, -0.1) is 0 Å². The Morgan fingerprint density at radius 1 is 1.32 bits per heavy atom. The summed E-state index contributed by atoms with van der Waals surface area (Å²) in [6.07, 6.45) is 6.76. The lowest BCUT2D eigenvalue weighted by molar-refractivity contribution is -0.143. The monoisotopic (exact) mass is 262 g/mol. The summed E-state index contributed by atoms with van der Waals surface area (Å²) in [5, 5.41) is 0. The van der Waals surface area contributed by atoms with Crippen molar-refractivity contribution in [3.63, 3.8) is 0 Å². The Kier molecular flexibility index (Phi) is 5.33. The van der Waals surface area contributed by atoms with Crippen LogP contribution in [0, 0.1) is 0 Å². The third-order valence-corrected chi connectivity index (χ3v) is 3.67. The van der Waals surface area contributed by atoms with E-state index in [0.717, 1.165) is 18.8 Å². The Morgan fingerprint density at radius 3 is 2.63 bits per heavy atom. The second-order valence-corrected chi connectivity index (χ2v) is 5.05. The van der Waals surface area contributed by atoms with Crippen LogP contribution in [0.15, 0.2) is 24.4 Å². The van der Waals surface area contributed by atoms with Crippen LogP contribution in [0.4, 0.5) is 0 Å². The van der Waals surface area contributed by atoms with Crippen LogP contribution in [0.1, 0.15) is 37.3 Å². The minimum atomic E-state index is -0.274. The number of carbonyl (C=O) groups excluding carboxylic acids is 1. The quantitative estimate of drug-likeness (QED) is 0.780. The number of rotatable bonds is 4. The molecule has 0 N–H and O–H groups in total. The van der Waals surface area contributed by atoms with Gasteiger partial charge in [-0.25, -0.2) is 0 Å². The highest BCUT2D eigenvalue weighted by molar-refractivity contribution is 5.77. The molecule has 1 aliphatic rings. The summed E-state index contributed by atoms with van der Waals surface area (Å²) in [6, 6.07) is 5.68. The Hall–Kier alpha value is -1.42. The molecule has 2 heterocycles. The van der Waals surface area contributed by atoms with Crippen LogP contribution >= 0.6 is 0 Å². The summed E-state index contributed by atoms with van der Waals surface area (Å²) in [6.45, 7) is 2.85. The molecule has 104 valence electrons. The highest BCUT2D eigenvalue weighted by Crippen LogP contribution is 2.19. The van der Waals surface area contributed by atoms with Crippen molar-refractivity contribution in [2.45, 2.75) is 31.6 Å². The smallest absolute Gasteiger partial charge is 0.316 e. The third kappa shape index (κ3) is 4.03. The first-order valence-corrected chi connectivity index (χ1v) is 7.02. The number of methoxy groups -OCH3 is 1. The normalized spacial score (nSPS) is 18.6. The molecule has 0 saturated carbocycles. The van der Waals surface area contributed by atoms with Gasteiger partial charge in [0.2, 0.25) is 0 Å². The topological polar surface area (TPSA) is 42.4 Å². The predicted octanol–water partition coefficient (Wildman–Crippen LogP) is 2.21. The van der Waals surface area contributed by atoms with Crippen LogP contribution in [-0.2, 0) is 9.53 Å². The van der Waals surface area contributed by atoms with E-state index in [0.29, 0.717) is 6.54 Å². The Bertz CT molecular complexity index is 386. The summed E-state index contributed by atoms with van der Waals surface area (Å²) in [4.78, 5) is 18.7. The molecule has 1 saturated heterocycles. The third-order valence-electron chi connectivity index (χ3n) is 3.67. The van der Waals surface area contributed by atoms with Crippen LogP contribution < -0.4 is 0 Å². The highest BCUT2D eigenvalue weighted by Gasteiger charge is 2.25. The molecule has 4 heteroatoms. The molecular formula is C15H22N2O2. The van der Waals surface area contributed by atoms with Crippen LogP contribution in [0.2, 0.25) is 0 Å². The van der Waals surface area contributed by atoms with E-state index >= 15 is 0 Å². The zero-order chi connectivity index (χ0) is 13.5. The molecular weight excluding hydrogens is 240 g/mol. The van der Waals surface area contributed by atoms with Crippen molar-refractivity contribution in [2.75, 3.05) is 26.7 Å². The van der Waals surface area contributed by atoms with Crippen molar-refractivity contribution in [3.05, 3.63) is 30.1 Å². The van der Waals surface area contributed by atoms with E-state index in [9.17, 15) is 4.79 Å². The number of nitrogens with zero attached hydrogens (tertiary/aromatic N) is 2. The Labute approximate surface area is 114 Å². The number of aromatic nitrogens is 1. The molecule has 1 aliphatic heterocycles. The molecule has 0 aromatic carbocycles. The molecule has 1 atom stereocenters. The van der Waals surface area contributed by atoms with Crippen molar-refractivity contribution < 1.29 is 9.53 Å². The van der Waals surface area contributed by atoms with E-state index in [1.807, 2.05) is 18.2 Å². The lowest BCUT2D eigenvalue weighted by atomic mass is 10.0. The molecule has 0 radical (unpaired) electrons. The van der Waals surface area contributed by atoms with Crippen LogP contribution in [0.3, 0.4) is 0 Å². The number of hydrogen-bond acceptors (Lipinski definition) is 4. The fourth-order valence-corrected chi connectivity index (χ4v) is 2.59. The minimum absolute atomic E-state index is 0.192. The maximum Gasteiger partial charge on any atom is 0.316 e. The molecule has 1 fully saturated rings. The van der Waals surface area contributed by atoms with Crippen molar-refractivity contribution in [1.29, 1.82) is 0 Å². The lowest BCUT2D eigenvalue weighted by Crippen LogP contribution is -2.33. The second kappa shape index (κ2) is 7.24. The lowest BCUT2D eigenvalue weighted by Gasteiger charge is -2.24. The van der Waals surface area contributed by atoms with Crippen LogP contribution in [0.25, 0.3) is 0 Å². The van der Waals surface area contributed by atoms with Gasteiger partial charge in [0, 0.05) is 12.7 Å². The number of esters is 1. The van der Waals surface area contributed by atoms with Gasteiger partial charge < -0.3 is 9.64 Å². The second-order valence-electron chi connectivity index (χ2n) is 5.05. The fourth-order valence-electron chi connectivity index (χ4n) is 2.59. The van der Waals surface area contributed by atoms with Gasteiger partial charge in [-0.1, -0.05) is 18.9 Å². The zero-order valence-electron chi connectivity index (χ0n) is 11.5. The molecule has 19 heavy (non-hydrogen) atoms. The molecule has 0 aliphatic carbocycles. The number of carbonyl (C=O) groups is 1. The summed E-state index contributed by atoms with van der Waals surface area (Å²) in [5.74, 6) is -0.466. The van der Waals surface area contributed by atoms with Gasteiger partial charge >= 0.3 is 5.97 Å². The Morgan fingerprint density at radius 2 is 2.05 bits per heavy atom. The van der Waals surface area contributed by atoms with E-state index in [4.69, 9.17) is 4.74 Å². The van der Waals surface area contributed by atoms with E-state index in [1.54, 1.807) is 6.20 Å². The molecule has 0 spiro atoms. The zero-order valence-corrected chi connectivity index (χ0v) is 11.5. The summed E-state index contributed by atoms with van der Waals surface area (Å²) in [7, 11) is 1.45. The first-order valence-electron chi connectivity index (χ1n) is 7.02. The minimum Gasteiger partial charge on any atom is -0.468 e. The maximum absolute atomic E-state index is 12.0. The molecule has 0 amide bonds. The van der Waals surface area contributed by atoms with E-state index in [1.165, 1.54) is 32.8 Å². The largest absolute Gasteiger partial charge is 0.468 e. The average Bonchev–Trinajstić information content (AvgIpc) is 2.73. The van der Waals surface area contributed by atoms with Crippen molar-refractivity contribution >= 4 is 5.97 Å². The van der Waals surface area contributed by atoms with Crippen LogP contribution in [0.5, 0.6) is 0 Å². The van der Waals surface area contributed by atoms with Gasteiger partial charge in [0.25, 0.3) is 0 Å². The van der Waals surface area contributed by atoms with Crippen molar-refractivity contribution in [1.82, 2.24) is 9.88 Å². The first-order chi connectivity index (χ1) is 9.31. The molecule has 1 unspecified atom stereocenters. The number of ether oxygens (including phenoxy) is 1. The van der Waals surface area contributed by atoms with E-state index in [2.05, 4.69) is 9.88 Å². The summed E-state index contributed by atoms with van der Waals surface area (Å²) in [5.41, 5.74) is 0.804. The van der Waals surface area contributed by atoms with Gasteiger partial charge in [0.05, 0.1) is 12.8 Å². The maximum atomic E-state index is 12.0. The average molecular weight is 262 g/mol. The van der Waals surface area contributed by atoms with Gasteiger partial charge in [-0.3, -0.25) is 9.78 Å². The number of pyridine rings is 1. The molecule has 4 nitrogen and oxygen atoms in total. The molecule has 2 rings (SSSR count). The van der Waals surface area contributed by atoms with E-state index in [-0.39, 0.29) is 11.9 Å². The SMILES string of the molecule is COC(=O)C(CN1CCCCCC1)c1ccccn1. The number of likely N-dealkylation sites (tertiary alicyclic amines) is 1. The number of hydrogen-bond donors (Lipinski definition) is 0. The predicted molar refractivity (Wildman–Crippen MR) is 73.9 cm³/mol. The van der Waals surface area contributed by atoms with Gasteiger partial charge in [-0.05, 0) is 38.1 Å². The van der Waals surface area contributed by atoms with Crippen LogP contribution in [-0.4, -0.2) is 42.6 Å². The molecule has 1 aromatic heterocycles. The van der Waals surface area contributed by atoms with Gasteiger partial charge in [0.1, 0.15) is 5.92 Å². The summed E-state index contributed by atoms with van der Waals surface area (Å²) >= 11 is 0. The van der Waals surface area contributed by atoms with Gasteiger partial charge in [-0.2, -0.15) is 0 Å².